The molecule has 0 bridgehead atoms. The quantitative estimate of drug-likeness (QED) is 0.818. The molecule has 18 heavy (non-hydrogen) atoms. The van der Waals surface area contributed by atoms with Crippen molar-refractivity contribution in [1.82, 2.24) is 5.16 Å². The minimum absolute atomic E-state index is 0.377. The number of rotatable bonds is 2. The van der Waals surface area contributed by atoms with Gasteiger partial charge in [-0.3, -0.25) is 0 Å². The van der Waals surface area contributed by atoms with Crippen LogP contribution in [-0.4, -0.2) is 10.3 Å². The lowest BCUT2D eigenvalue weighted by Crippen LogP contribution is -2.19. The highest BCUT2D eigenvalue weighted by atomic mass is 35.5. The highest BCUT2D eigenvalue weighted by molar-refractivity contribution is 7.80. The zero-order valence-electron chi connectivity index (χ0n) is 9.33. The lowest BCUT2D eigenvalue weighted by atomic mass is 10.3. The van der Waals surface area contributed by atoms with E-state index in [-0.39, 0.29) is 0 Å². The van der Waals surface area contributed by atoms with Gasteiger partial charge in [-0.2, -0.15) is 0 Å². The average molecular weight is 302 g/mol. The first kappa shape index (κ1) is 13.1. The van der Waals surface area contributed by atoms with Gasteiger partial charge in [-0.05, 0) is 37.3 Å². The first-order chi connectivity index (χ1) is 8.52. The van der Waals surface area contributed by atoms with Gasteiger partial charge in [0.15, 0.2) is 10.9 Å². The molecule has 0 aliphatic heterocycles. The van der Waals surface area contributed by atoms with Gasteiger partial charge in [0.2, 0.25) is 0 Å². The van der Waals surface area contributed by atoms with Gasteiger partial charge in [0.1, 0.15) is 5.76 Å². The van der Waals surface area contributed by atoms with E-state index in [1.165, 1.54) is 0 Å². The monoisotopic (exact) mass is 301 g/mol. The van der Waals surface area contributed by atoms with Crippen LogP contribution in [0.3, 0.4) is 0 Å². The fraction of sp³-hybridized carbons (Fsp3) is 0.0909. The summed E-state index contributed by atoms with van der Waals surface area (Å²) in [7, 11) is 0. The summed E-state index contributed by atoms with van der Waals surface area (Å²) in [5.41, 5.74) is 0.699. The molecule has 0 atom stereocenters. The van der Waals surface area contributed by atoms with Crippen molar-refractivity contribution in [2.45, 2.75) is 6.92 Å². The van der Waals surface area contributed by atoms with Gasteiger partial charge in [-0.1, -0.05) is 28.4 Å². The summed E-state index contributed by atoms with van der Waals surface area (Å²) in [6, 6.07) is 6.82. The molecule has 0 radical (unpaired) electrons. The molecule has 94 valence electrons. The summed E-state index contributed by atoms with van der Waals surface area (Å²) in [6.07, 6.45) is 0. The van der Waals surface area contributed by atoms with Crippen molar-refractivity contribution in [3.63, 3.8) is 0 Å². The second kappa shape index (κ2) is 5.56. The molecule has 0 saturated heterocycles. The minimum Gasteiger partial charge on any atom is -0.360 e. The first-order valence-corrected chi connectivity index (χ1v) is 6.17. The lowest BCUT2D eigenvalue weighted by Gasteiger charge is -2.08. The van der Waals surface area contributed by atoms with Crippen LogP contribution in [0.5, 0.6) is 0 Å². The van der Waals surface area contributed by atoms with Crippen LogP contribution in [-0.2, 0) is 0 Å². The summed E-state index contributed by atoms with van der Waals surface area (Å²) in [4.78, 5) is 0. The zero-order chi connectivity index (χ0) is 13.1. The number of hydrogen-bond acceptors (Lipinski definition) is 3. The van der Waals surface area contributed by atoms with Crippen molar-refractivity contribution in [2.24, 2.45) is 0 Å². The number of nitrogens with one attached hydrogen (secondary N) is 2. The normalized spacial score (nSPS) is 10.2. The number of thiocarbonyl (C=S) groups is 1. The summed E-state index contributed by atoms with van der Waals surface area (Å²) in [5.74, 6) is 1.24. The summed E-state index contributed by atoms with van der Waals surface area (Å²) in [6.45, 7) is 1.80. The number of hydrogen-bond donors (Lipinski definition) is 2. The topological polar surface area (TPSA) is 50.1 Å². The van der Waals surface area contributed by atoms with E-state index in [0.29, 0.717) is 32.4 Å². The maximum Gasteiger partial charge on any atom is 0.176 e. The van der Waals surface area contributed by atoms with Crippen molar-refractivity contribution in [1.29, 1.82) is 0 Å². The van der Waals surface area contributed by atoms with Crippen LogP contribution in [0.1, 0.15) is 5.76 Å². The molecule has 4 nitrogen and oxygen atoms in total. The van der Waals surface area contributed by atoms with Crippen LogP contribution < -0.4 is 10.6 Å². The molecular weight excluding hydrogens is 293 g/mol. The molecule has 2 rings (SSSR count). The SMILES string of the molecule is Cc1cc(NC(=S)Nc2cc(Cl)cc(Cl)c2)no1. The van der Waals surface area contributed by atoms with Crippen molar-refractivity contribution in [3.05, 3.63) is 40.1 Å². The maximum absolute atomic E-state index is 5.88. The predicted octanol–water partition coefficient (Wildman–Crippen LogP) is 4.10. The van der Waals surface area contributed by atoms with Gasteiger partial charge in [0, 0.05) is 21.8 Å². The Morgan fingerprint density at radius 3 is 2.39 bits per heavy atom. The van der Waals surface area contributed by atoms with Crippen LogP contribution in [0.15, 0.2) is 28.8 Å². The molecule has 0 aliphatic rings. The van der Waals surface area contributed by atoms with E-state index in [0.717, 1.165) is 0 Å². The largest absolute Gasteiger partial charge is 0.360 e. The number of aromatic nitrogens is 1. The Labute approximate surface area is 119 Å². The molecule has 0 aliphatic carbocycles. The highest BCUT2D eigenvalue weighted by Gasteiger charge is 2.04. The van der Waals surface area contributed by atoms with Gasteiger partial charge in [-0.25, -0.2) is 0 Å². The number of aryl methyl sites for hydroxylation is 1. The predicted molar refractivity (Wildman–Crippen MR) is 77.5 cm³/mol. The number of anilines is 2. The molecule has 0 saturated carbocycles. The number of benzene rings is 1. The van der Waals surface area contributed by atoms with Crippen LogP contribution >= 0.6 is 35.4 Å². The van der Waals surface area contributed by atoms with E-state index in [1.54, 1.807) is 31.2 Å². The highest BCUT2D eigenvalue weighted by Crippen LogP contribution is 2.22. The molecule has 1 aromatic carbocycles. The van der Waals surface area contributed by atoms with E-state index in [2.05, 4.69) is 15.8 Å². The van der Waals surface area contributed by atoms with Crippen molar-refractivity contribution < 1.29 is 4.52 Å². The van der Waals surface area contributed by atoms with Gasteiger partial charge >= 0.3 is 0 Å². The molecular formula is C11H9Cl2N3OS. The maximum atomic E-state index is 5.88. The molecule has 2 N–H and O–H groups in total. The Hall–Kier alpha value is -1.30. The van der Waals surface area contributed by atoms with Crippen molar-refractivity contribution >= 4 is 52.0 Å². The summed E-state index contributed by atoms with van der Waals surface area (Å²) < 4.78 is 4.91. The standard InChI is InChI=1S/C11H9Cl2N3OS/c1-6-2-10(16-17-6)15-11(18)14-9-4-7(12)3-8(13)5-9/h2-5H,1H3,(H2,14,15,16,18). The fourth-order valence-corrected chi connectivity index (χ4v) is 2.08. The van der Waals surface area contributed by atoms with Gasteiger partial charge in [0.05, 0.1) is 0 Å². The van der Waals surface area contributed by atoms with E-state index in [1.807, 2.05) is 0 Å². The van der Waals surface area contributed by atoms with E-state index >= 15 is 0 Å². The van der Waals surface area contributed by atoms with Crippen molar-refractivity contribution in [2.75, 3.05) is 10.6 Å². The Morgan fingerprint density at radius 1 is 1.17 bits per heavy atom. The third-order valence-corrected chi connectivity index (χ3v) is 2.63. The molecule has 7 heteroatoms. The second-order valence-electron chi connectivity index (χ2n) is 3.56. The molecule has 0 amide bonds. The van der Waals surface area contributed by atoms with Crippen LogP contribution in [0, 0.1) is 6.92 Å². The van der Waals surface area contributed by atoms with Gasteiger partial charge in [-0.15, -0.1) is 0 Å². The molecule has 1 heterocycles. The van der Waals surface area contributed by atoms with E-state index < -0.39 is 0 Å². The minimum atomic E-state index is 0.377. The second-order valence-corrected chi connectivity index (χ2v) is 4.84. The van der Waals surface area contributed by atoms with E-state index in [4.69, 9.17) is 39.9 Å². The Morgan fingerprint density at radius 2 is 1.83 bits per heavy atom. The smallest absolute Gasteiger partial charge is 0.176 e. The Bertz CT molecular complexity index is 565. The molecule has 2 aromatic rings. The van der Waals surface area contributed by atoms with Crippen LogP contribution in [0.25, 0.3) is 0 Å². The first-order valence-electron chi connectivity index (χ1n) is 5.00. The summed E-state index contributed by atoms with van der Waals surface area (Å²) >= 11 is 16.9. The molecule has 0 spiro atoms. The Kier molecular flexibility index (Phi) is 4.06. The summed E-state index contributed by atoms with van der Waals surface area (Å²) in [5, 5.41) is 11.0. The number of nitrogens with zero attached hydrogens (tertiary/aromatic N) is 1. The average Bonchev–Trinajstić information content (AvgIpc) is 2.61. The van der Waals surface area contributed by atoms with Gasteiger partial charge < -0.3 is 15.2 Å². The van der Waals surface area contributed by atoms with Crippen LogP contribution in [0.4, 0.5) is 11.5 Å². The molecule has 1 aromatic heterocycles. The Balaban J connectivity index is 2.02. The number of halogens is 2. The molecule has 0 unspecified atom stereocenters. The lowest BCUT2D eigenvalue weighted by molar-refractivity contribution is 0.400. The fourth-order valence-electron chi connectivity index (χ4n) is 1.33. The van der Waals surface area contributed by atoms with Crippen molar-refractivity contribution in [3.8, 4) is 0 Å². The molecule has 0 fully saturated rings. The van der Waals surface area contributed by atoms with Gasteiger partial charge in [0.25, 0.3) is 0 Å². The van der Waals surface area contributed by atoms with Crippen LogP contribution in [0.2, 0.25) is 10.0 Å². The zero-order valence-corrected chi connectivity index (χ0v) is 11.7. The third-order valence-electron chi connectivity index (χ3n) is 1.99. The van der Waals surface area contributed by atoms with E-state index in [9.17, 15) is 0 Å². The third kappa shape index (κ3) is 3.60.